The molecular formula is C34H31N. The van der Waals surface area contributed by atoms with E-state index >= 15 is 0 Å². The highest BCUT2D eigenvalue weighted by atomic mass is 15.2. The van der Waals surface area contributed by atoms with E-state index < -0.39 is 0 Å². The van der Waals surface area contributed by atoms with Crippen molar-refractivity contribution in [2.75, 3.05) is 4.90 Å². The average molecular weight is 454 g/mol. The highest BCUT2D eigenvalue weighted by Crippen LogP contribution is 2.50. The molecule has 0 heterocycles. The summed E-state index contributed by atoms with van der Waals surface area (Å²) >= 11 is 0. The molecule has 1 nitrogen and oxygen atoms in total. The van der Waals surface area contributed by atoms with Crippen LogP contribution in [0.15, 0.2) is 109 Å². The summed E-state index contributed by atoms with van der Waals surface area (Å²) in [7, 11) is 0. The number of rotatable bonds is 4. The van der Waals surface area contributed by atoms with Gasteiger partial charge in [-0.15, -0.1) is 0 Å². The van der Waals surface area contributed by atoms with Crippen LogP contribution in [-0.4, -0.2) is 6.04 Å². The van der Waals surface area contributed by atoms with Gasteiger partial charge in [-0.1, -0.05) is 98.8 Å². The number of nitrogens with zero attached hydrogens (tertiary/aromatic N) is 1. The first-order chi connectivity index (χ1) is 16.9. The van der Waals surface area contributed by atoms with E-state index in [0.29, 0.717) is 6.04 Å². The lowest BCUT2D eigenvalue weighted by atomic mass is 9.82. The van der Waals surface area contributed by atoms with Crippen molar-refractivity contribution in [2.45, 2.75) is 39.2 Å². The Morgan fingerprint density at radius 1 is 0.571 bits per heavy atom. The molecular weight excluding hydrogens is 422 g/mol. The van der Waals surface area contributed by atoms with Crippen LogP contribution in [0.5, 0.6) is 0 Å². The van der Waals surface area contributed by atoms with E-state index in [9.17, 15) is 0 Å². The number of fused-ring (bicyclic) bond motifs is 4. The van der Waals surface area contributed by atoms with Crippen LogP contribution in [0.2, 0.25) is 0 Å². The van der Waals surface area contributed by atoms with Crippen molar-refractivity contribution in [3.05, 3.63) is 120 Å². The first-order valence-electron chi connectivity index (χ1n) is 12.6. The quantitative estimate of drug-likeness (QED) is 0.262. The minimum absolute atomic E-state index is 0.00457. The first-order valence-corrected chi connectivity index (χ1v) is 12.6. The molecule has 0 saturated heterocycles. The first kappa shape index (κ1) is 21.7. The Hall–Kier alpha value is -3.84. The Labute approximate surface area is 208 Å². The summed E-state index contributed by atoms with van der Waals surface area (Å²) in [6.07, 6.45) is 0. The van der Waals surface area contributed by atoms with Gasteiger partial charge in [-0.25, -0.2) is 0 Å². The largest absolute Gasteiger partial charge is 0.339 e. The molecule has 1 aliphatic rings. The fourth-order valence-electron chi connectivity index (χ4n) is 5.89. The summed E-state index contributed by atoms with van der Waals surface area (Å²) in [6, 6.07) is 40.4. The maximum absolute atomic E-state index is 2.47. The third-order valence-corrected chi connectivity index (χ3v) is 7.59. The molecule has 1 heteroatoms. The molecule has 172 valence electrons. The van der Waals surface area contributed by atoms with Crippen molar-refractivity contribution in [3.8, 4) is 22.3 Å². The number of benzene rings is 5. The molecule has 0 N–H and O–H groups in total. The van der Waals surface area contributed by atoms with E-state index in [0.717, 1.165) is 0 Å². The van der Waals surface area contributed by atoms with Crippen LogP contribution in [0.3, 0.4) is 0 Å². The molecule has 0 spiro atoms. The van der Waals surface area contributed by atoms with Crippen LogP contribution in [0, 0.1) is 0 Å². The number of hydrogen-bond donors (Lipinski definition) is 0. The van der Waals surface area contributed by atoms with E-state index in [1.165, 1.54) is 55.5 Å². The van der Waals surface area contributed by atoms with Gasteiger partial charge in [0.05, 0.1) is 0 Å². The van der Waals surface area contributed by atoms with Gasteiger partial charge in [-0.3, -0.25) is 0 Å². The SMILES string of the molecule is CC(C)N(c1cccc(-c2cccc3ccccc23)c1)c1ccc2c(c1)C(C)(C)c1ccccc1-2. The fraction of sp³-hybridized carbons (Fsp3) is 0.176. The van der Waals surface area contributed by atoms with Crippen LogP contribution in [0.1, 0.15) is 38.8 Å². The van der Waals surface area contributed by atoms with Crippen molar-refractivity contribution >= 4 is 22.1 Å². The number of hydrogen-bond acceptors (Lipinski definition) is 1. The molecule has 0 bridgehead atoms. The second kappa shape index (κ2) is 8.13. The van der Waals surface area contributed by atoms with Gasteiger partial charge >= 0.3 is 0 Å². The third kappa shape index (κ3) is 3.46. The molecule has 0 aliphatic heterocycles. The molecule has 1 aliphatic carbocycles. The highest BCUT2D eigenvalue weighted by Gasteiger charge is 2.35. The van der Waals surface area contributed by atoms with Gasteiger partial charge < -0.3 is 4.90 Å². The second-order valence-corrected chi connectivity index (χ2v) is 10.4. The molecule has 0 unspecified atom stereocenters. The summed E-state index contributed by atoms with van der Waals surface area (Å²) in [5.41, 5.74) is 10.5. The lowest BCUT2D eigenvalue weighted by Crippen LogP contribution is -2.26. The predicted octanol–water partition coefficient (Wildman–Crippen LogP) is 9.36. The Balaban J connectivity index is 1.46. The van der Waals surface area contributed by atoms with Gasteiger partial charge in [0, 0.05) is 22.8 Å². The average Bonchev–Trinajstić information content (AvgIpc) is 3.10. The highest BCUT2D eigenvalue weighted by molar-refractivity contribution is 5.97. The molecule has 0 aromatic heterocycles. The van der Waals surface area contributed by atoms with Crippen molar-refractivity contribution in [3.63, 3.8) is 0 Å². The summed E-state index contributed by atoms with van der Waals surface area (Å²) in [5, 5.41) is 2.57. The topological polar surface area (TPSA) is 3.24 Å². The van der Waals surface area contributed by atoms with Gasteiger partial charge in [-0.2, -0.15) is 0 Å². The second-order valence-electron chi connectivity index (χ2n) is 10.4. The molecule has 0 fully saturated rings. The molecule has 0 radical (unpaired) electrons. The summed E-state index contributed by atoms with van der Waals surface area (Å²) in [5.74, 6) is 0. The standard InChI is InChI=1S/C34H31N/c1-23(2)35(27-19-20-31-30-16-7-8-18-32(30)34(3,4)33(31)22-27)26-14-9-13-25(21-26)29-17-10-12-24-11-5-6-15-28(24)29/h5-23H,1-4H3. The molecule has 0 saturated carbocycles. The Morgan fingerprint density at radius 3 is 2.09 bits per heavy atom. The summed E-state index contributed by atoms with van der Waals surface area (Å²) in [4.78, 5) is 2.47. The van der Waals surface area contributed by atoms with Crippen LogP contribution < -0.4 is 4.90 Å². The van der Waals surface area contributed by atoms with Crippen LogP contribution >= 0.6 is 0 Å². The Kier molecular flexibility index (Phi) is 5.04. The van der Waals surface area contributed by atoms with E-state index in [4.69, 9.17) is 0 Å². The Morgan fingerprint density at radius 2 is 1.23 bits per heavy atom. The predicted molar refractivity (Wildman–Crippen MR) is 151 cm³/mol. The fourth-order valence-corrected chi connectivity index (χ4v) is 5.89. The molecule has 0 atom stereocenters. The maximum Gasteiger partial charge on any atom is 0.0419 e. The van der Waals surface area contributed by atoms with Gasteiger partial charge in [0.25, 0.3) is 0 Å². The van der Waals surface area contributed by atoms with Crippen molar-refractivity contribution in [1.29, 1.82) is 0 Å². The smallest absolute Gasteiger partial charge is 0.0419 e. The van der Waals surface area contributed by atoms with Crippen LogP contribution in [-0.2, 0) is 5.41 Å². The monoisotopic (exact) mass is 453 g/mol. The van der Waals surface area contributed by atoms with Gasteiger partial charge in [0.1, 0.15) is 0 Å². The minimum Gasteiger partial charge on any atom is -0.339 e. The third-order valence-electron chi connectivity index (χ3n) is 7.59. The minimum atomic E-state index is -0.00457. The van der Waals surface area contributed by atoms with Crippen LogP contribution in [0.25, 0.3) is 33.0 Å². The lowest BCUT2D eigenvalue weighted by molar-refractivity contribution is 0.659. The van der Waals surface area contributed by atoms with Crippen LogP contribution in [0.4, 0.5) is 11.4 Å². The summed E-state index contributed by atoms with van der Waals surface area (Å²) < 4.78 is 0. The molecule has 5 aromatic carbocycles. The molecule has 6 rings (SSSR count). The Bertz CT molecular complexity index is 1550. The van der Waals surface area contributed by atoms with Crippen molar-refractivity contribution in [2.24, 2.45) is 0 Å². The summed E-state index contributed by atoms with van der Waals surface area (Å²) in [6.45, 7) is 9.25. The van der Waals surface area contributed by atoms with E-state index in [1.54, 1.807) is 0 Å². The van der Waals surface area contributed by atoms with E-state index in [-0.39, 0.29) is 5.41 Å². The van der Waals surface area contributed by atoms with E-state index in [1.807, 2.05) is 0 Å². The van der Waals surface area contributed by atoms with E-state index in [2.05, 4.69) is 142 Å². The maximum atomic E-state index is 2.47. The normalized spacial score (nSPS) is 13.6. The number of anilines is 2. The zero-order valence-corrected chi connectivity index (χ0v) is 20.9. The molecule has 35 heavy (non-hydrogen) atoms. The van der Waals surface area contributed by atoms with Gasteiger partial charge in [-0.05, 0) is 82.3 Å². The zero-order chi connectivity index (χ0) is 24.2. The zero-order valence-electron chi connectivity index (χ0n) is 20.9. The van der Waals surface area contributed by atoms with Crippen molar-refractivity contribution in [1.82, 2.24) is 0 Å². The molecule has 5 aromatic rings. The van der Waals surface area contributed by atoms with Gasteiger partial charge in [0.2, 0.25) is 0 Å². The lowest BCUT2D eigenvalue weighted by Gasteiger charge is -2.31. The van der Waals surface area contributed by atoms with Gasteiger partial charge in [0.15, 0.2) is 0 Å². The van der Waals surface area contributed by atoms with Crippen molar-refractivity contribution < 1.29 is 0 Å². The molecule has 0 amide bonds.